The highest BCUT2D eigenvalue weighted by atomic mass is 16.5. The Bertz CT molecular complexity index is 1060. The van der Waals surface area contributed by atoms with Crippen LogP contribution < -0.4 is 9.64 Å². The Morgan fingerprint density at radius 1 is 1.14 bits per heavy atom. The Hall–Kier alpha value is -3.28. The molecule has 2 heterocycles. The summed E-state index contributed by atoms with van der Waals surface area (Å²) in [4.78, 5) is 28.8. The van der Waals surface area contributed by atoms with E-state index in [4.69, 9.17) is 9.15 Å². The highest BCUT2D eigenvalue weighted by molar-refractivity contribution is 6.00. The van der Waals surface area contributed by atoms with Crippen molar-refractivity contribution < 1.29 is 18.7 Å². The van der Waals surface area contributed by atoms with Crippen LogP contribution in [-0.2, 0) is 22.6 Å². The quantitative estimate of drug-likeness (QED) is 0.663. The van der Waals surface area contributed by atoms with E-state index in [1.807, 2.05) is 55.5 Å². The maximum Gasteiger partial charge on any atom is 0.242 e. The summed E-state index contributed by atoms with van der Waals surface area (Å²) in [7, 11) is 1.76. The number of hydrogen-bond acceptors (Lipinski definition) is 4. The lowest BCUT2D eigenvalue weighted by molar-refractivity contribution is -0.130. The number of ether oxygens (including phenoxy) is 1. The molecule has 29 heavy (non-hydrogen) atoms. The number of anilines is 1. The molecule has 2 aromatic carbocycles. The minimum atomic E-state index is -0.137. The van der Waals surface area contributed by atoms with Crippen LogP contribution in [0.25, 0.3) is 11.0 Å². The number of rotatable bonds is 5. The third-order valence-corrected chi connectivity index (χ3v) is 5.25. The largest absolute Gasteiger partial charge is 0.491 e. The van der Waals surface area contributed by atoms with Crippen LogP contribution in [0, 0.1) is 0 Å². The number of nitrogens with zero attached hydrogens (tertiary/aromatic N) is 2. The summed E-state index contributed by atoms with van der Waals surface area (Å²) in [5.74, 6) is 1.26. The zero-order chi connectivity index (χ0) is 20.4. The molecule has 0 atom stereocenters. The molecule has 0 N–H and O–H groups in total. The number of amides is 2. The van der Waals surface area contributed by atoms with E-state index in [9.17, 15) is 9.59 Å². The zero-order valence-corrected chi connectivity index (χ0v) is 16.7. The Kier molecular flexibility index (Phi) is 5.25. The van der Waals surface area contributed by atoms with E-state index in [0.717, 1.165) is 28.7 Å². The second-order valence-electron chi connectivity index (χ2n) is 7.15. The van der Waals surface area contributed by atoms with Gasteiger partial charge in [0.15, 0.2) is 0 Å². The Morgan fingerprint density at radius 3 is 2.72 bits per heavy atom. The lowest BCUT2D eigenvalue weighted by Gasteiger charge is -2.25. The van der Waals surface area contributed by atoms with Gasteiger partial charge in [0.1, 0.15) is 23.6 Å². The van der Waals surface area contributed by atoms with E-state index >= 15 is 0 Å². The molecular weight excluding hydrogens is 368 g/mol. The lowest BCUT2D eigenvalue weighted by Crippen LogP contribution is -2.41. The Labute approximate surface area is 169 Å². The fourth-order valence-electron chi connectivity index (χ4n) is 3.68. The molecule has 0 aliphatic carbocycles. The van der Waals surface area contributed by atoms with Crippen molar-refractivity contribution in [3.05, 3.63) is 59.9 Å². The second-order valence-corrected chi connectivity index (χ2v) is 7.15. The summed E-state index contributed by atoms with van der Waals surface area (Å²) in [5, 5.41) is 1.02. The zero-order valence-electron chi connectivity index (χ0n) is 16.7. The monoisotopic (exact) mass is 392 g/mol. The maximum absolute atomic E-state index is 13.0. The third-order valence-electron chi connectivity index (χ3n) is 5.25. The number of fused-ring (bicyclic) bond motifs is 2. The van der Waals surface area contributed by atoms with Gasteiger partial charge >= 0.3 is 0 Å². The molecule has 0 saturated heterocycles. The highest BCUT2D eigenvalue weighted by Gasteiger charge is 2.27. The number of carbonyl (C=O) groups is 2. The maximum atomic E-state index is 13.0. The first-order valence-electron chi connectivity index (χ1n) is 9.84. The van der Waals surface area contributed by atoms with Crippen molar-refractivity contribution in [1.82, 2.24) is 4.90 Å². The van der Waals surface area contributed by atoms with Gasteiger partial charge in [-0.2, -0.15) is 0 Å². The van der Waals surface area contributed by atoms with Crippen LogP contribution in [-0.4, -0.2) is 36.9 Å². The number of aryl methyl sites for hydroxylation is 1. The molecule has 0 radical (unpaired) electrons. The molecule has 1 aliphatic heterocycles. The number of benzene rings is 2. The normalized spacial score (nSPS) is 13.7. The van der Waals surface area contributed by atoms with Crippen molar-refractivity contribution in [2.75, 3.05) is 25.1 Å². The van der Waals surface area contributed by atoms with E-state index in [0.29, 0.717) is 24.6 Å². The van der Waals surface area contributed by atoms with E-state index in [-0.39, 0.29) is 24.8 Å². The van der Waals surface area contributed by atoms with E-state index in [1.54, 1.807) is 11.9 Å². The van der Waals surface area contributed by atoms with E-state index < -0.39 is 0 Å². The van der Waals surface area contributed by atoms with Crippen molar-refractivity contribution in [1.29, 1.82) is 0 Å². The van der Waals surface area contributed by atoms with Gasteiger partial charge in [-0.05, 0) is 18.2 Å². The van der Waals surface area contributed by atoms with Gasteiger partial charge in [-0.15, -0.1) is 0 Å². The van der Waals surface area contributed by atoms with Crippen molar-refractivity contribution in [3.63, 3.8) is 0 Å². The summed E-state index contributed by atoms with van der Waals surface area (Å²) < 4.78 is 11.6. The number of carbonyl (C=O) groups excluding carboxylic acids is 2. The van der Waals surface area contributed by atoms with Gasteiger partial charge < -0.3 is 14.1 Å². The van der Waals surface area contributed by atoms with Crippen LogP contribution in [0.2, 0.25) is 0 Å². The second kappa shape index (κ2) is 7.99. The summed E-state index contributed by atoms with van der Waals surface area (Å²) in [6, 6.07) is 15.2. The summed E-state index contributed by atoms with van der Waals surface area (Å²) in [6.45, 7) is 2.76. The van der Waals surface area contributed by atoms with E-state index in [1.165, 1.54) is 4.90 Å². The predicted molar refractivity (Wildman–Crippen MR) is 111 cm³/mol. The lowest BCUT2D eigenvalue weighted by atomic mass is 10.1. The number of furan rings is 1. The van der Waals surface area contributed by atoms with Crippen molar-refractivity contribution in [2.45, 2.75) is 26.3 Å². The van der Waals surface area contributed by atoms with Crippen molar-refractivity contribution >= 4 is 28.5 Å². The van der Waals surface area contributed by atoms with Crippen LogP contribution in [0.1, 0.15) is 24.7 Å². The molecule has 1 aromatic heterocycles. The predicted octanol–water partition coefficient (Wildman–Crippen LogP) is 3.77. The van der Waals surface area contributed by atoms with Gasteiger partial charge in [-0.3, -0.25) is 14.5 Å². The first-order chi connectivity index (χ1) is 14.1. The summed E-state index contributed by atoms with van der Waals surface area (Å²) >= 11 is 0. The molecule has 2 amide bonds. The molecule has 4 rings (SSSR count). The average Bonchev–Trinajstić information content (AvgIpc) is 3.01. The molecule has 1 aliphatic rings. The number of hydrogen-bond donors (Lipinski definition) is 0. The minimum absolute atomic E-state index is 0.0209. The first kappa shape index (κ1) is 19.1. The molecule has 6 heteroatoms. The van der Waals surface area contributed by atoms with Crippen molar-refractivity contribution in [2.24, 2.45) is 0 Å². The molecule has 6 nitrogen and oxygen atoms in total. The SMILES string of the molecule is CCc1oc2ccccc2c1CN(C)C(=O)CN1C(=O)CCOc2ccccc21. The molecule has 0 saturated carbocycles. The van der Waals surface area contributed by atoms with E-state index in [2.05, 4.69) is 0 Å². The molecule has 0 bridgehead atoms. The third kappa shape index (κ3) is 3.70. The van der Waals surface area contributed by atoms with Gasteiger partial charge in [0, 0.05) is 31.0 Å². The number of para-hydroxylation sites is 3. The molecule has 3 aromatic rings. The summed E-state index contributed by atoms with van der Waals surface area (Å²) in [6.07, 6.45) is 0.999. The fourth-order valence-corrected chi connectivity index (χ4v) is 3.68. The summed E-state index contributed by atoms with van der Waals surface area (Å²) in [5.41, 5.74) is 2.48. The Morgan fingerprint density at radius 2 is 1.90 bits per heavy atom. The van der Waals surface area contributed by atoms with Gasteiger partial charge in [0.2, 0.25) is 11.8 Å². The molecular formula is C23H24N2O4. The smallest absolute Gasteiger partial charge is 0.242 e. The topological polar surface area (TPSA) is 63.0 Å². The standard InChI is InChI=1S/C23H24N2O4/c1-3-19-17(16-8-4-6-10-20(16)29-19)14-24(2)23(27)15-25-18-9-5-7-11-21(18)28-13-12-22(25)26/h4-11H,3,12-15H2,1-2H3. The average molecular weight is 392 g/mol. The van der Waals surface area contributed by atoms with Crippen LogP contribution in [0.15, 0.2) is 52.9 Å². The Balaban J connectivity index is 1.56. The van der Waals surface area contributed by atoms with Gasteiger partial charge in [-0.25, -0.2) is 0 Å². The molecule has 0 unspecified atom stereocenters. The minimum Gasteiger partial charge on any atom is -0.491 e. The van der Waals surface area contributed by atoms with Crippen molar-refractivity contribution in [3.8, 4) is 5.75 Å². The molecule has 0 spiro atoms. The highest BCUT2D eigenvalue weighted by Crippen LogP contribution is 2.31. The molecule has 0 fully saturated rings. The van der Waals surface area contributed by atoms with Gasteiger partial charge in [-0.1, -0.05) is 37.3 Å². The van der Waals surface area contributed by atoms with Crippen LogP contribution in [0.5, 0.6) is 5.75 Å². The first-order valence-corrected chi connectivity index (χ1v) is 9.84. The van der Waals surface area contributed by atoms with Crippen LogP contribution in [0.3, 0.4) is 0 Å². The van der Waals surface area contributed by atoms with Gasteiger partial charge in [0.05, 0.1) is 18.7 Å². The van der Waals surface area contributed by atoms with Crippen LogP contribution in [0.4, 0.5) is 5.69 Å². The fraction of sp³-hybridized carbons (Fsp3) is 0.304. The van der Waals surface area contributed by atoms with Gasteiger partial charge in [0.25, 0.3) is 0 Å². The molecule has 150 valence electrons. The number of likely N-dealkylation sites (N-methyl/N-ethyl adjacent to an activating group) is 1. The van der Waals surface area contributed by atoms with Crippen LogP contribution >= 0.6 is 0 Å².